The van der Waals surface area contributed by atoms with Crippen LogP contribution in [0.4, 0.5) is 5.69 Å². The largest absolute Gasteiger partial charge is 0.329 e. The van der Waals surface area contributed by atoms with Gasteiger partial charge in [-0.25, -0.2) is 13.4 Å². The van der Waals surface area contributed by atoms with Gasteiger partial charge in [0.05, 0.1) is 36.0 Å². The third-order valence-electron chi connectivity index (χ3n) is 6.47. The first kappa shape index (κ1) is 25.9. The molecule has 4 rings (SSSR count). The molecule has 36 heavy (non-hydrogen) atoms. The molecule has 1 aromatic heterocycles. The molecule has 3 aromatic rings. The number of aromatic nitrogens is 2. The Labute approximate surface area is 216 Å². The van der Waals surface area contributed by atoms with Gasteiger partial charge in [0.15, 0.2) is 0 Å². The number of rotatable bonds is 9. The predicted octanol–water partition coefficient (Wildman–Crippen LogP) is 3.50. The lowest BCUT2D eigenvalue weighted by Crippen LogP contribution is -2.56. The highest BCUT2D eigenvalue weighted by molar-refractivity contribution is 7.91. The molecule has 10 heteroatoms. The number of piperazine rings is 1. The van der Waals surface area contributed by atoms with Gasteiger partial charge in [0.25, 0.3) is 0 Å². The lowest BCUT2D eigenvalue weighted by Gasteiger charge is -2.41. The third kappa shape index (κ3) is 6.32. The molecule has 1 aliphatic heterocycles. The smallest absolute Gasteiger partial charge is 0.241 e. The Bertz CT molecular complexity index is 1360. The van der Waals surface area contributed by atoms with Crippen LogP contribution in [0, 0.1) is 11.3 Å². The van der Waals surface area contributed by atoms with Crippen LogP contribution in [0.3, 0.4) is 0 Å². The average Bonchev–Trinajstić information content (AvgIpc) is 3.30. The number of anilines is 1. The van der Waals surface area contributed by atoms with Crippen molar-refractivity contribution in [2.24, 2.45) is 0 Å². The highest BCUT2D eigenvalue weighted by Crippen LogP contribution is 2.26. The van der Waals surface area contributed by atoms with Gasteiger partial charge < -0.3 is 9.47 Å². The maximum Gasteiger partial charge on any atom is 0.241 e. The van der Waals surface area contributed by atoms with Crippen LogP contribution >= 0.6 is 11.6 Å². The fourth-order valence-corrected chi connectivity index (χ4v) is 5.44. The summed E-state index contributed by atoms with van der Waals surface area (Å²) in [5.41, 5.74) is 3.26. The van der Waals surface area contributed by atoms with Crippen LogP contribution in [0.25, 0.3) is 0 Å². The molecule has 0 aliphatic carbocycles. The molecular weight excluding hydrogens is 497 g/mol. The Morgan fingerprint density at radius 1 is 1.17 bits per heavy atom. The van der Waals surface area contributed by atoms with Gasteiger partial charge >= 0.3 is 0 Å². The number of hydrogen-bond acceptors (Lipinski definition) is 6. The van der Waals surface area contributed by atoms with E-state index in [1.54, 1.807) is 54.7 Å². The standard InChI is InChI=1S/C26H28ClN5O3S/c1-2-36(34,35)11-10-24-17-32(23-5-3-4-22(27)12-23)26(33)18-30(24)16-25-14-29-19-31(25)15-21-8-6-20(13-28)7-9-21/h3-9,12,14,19,24H,2,10-11,15-18H2,1H3/t24-/m0/s1/i1-1. The highest BCUT2D eigenvalue weighted by Gasteiger charge is 2.34. The van der Waals surface area contributed by atoms with Gasteiger partial charge in [-0.05, 0) is 42.3 Å². The fourth-order valence-electron chi connectivity index (χ4n) is 4.34. The summed E-state index contributed by atoms with van der Waals surface area (Å²) in [6.45, 7) is 3.22. The monoisotopic (exact) mass is 524 g/mol. The summed E-state index contributed by atoms with van der Waals surface area (Å²) in [6, 6.07) is 16.5. The van der Waals surface area contributed by atoms with E-state index in [-0.39, 0.29) is 30.0 Å². The molecular formula is C26H28ClN5O3S. The average molecular weight is 525 g/mol. The molecule has 8 nitrogen and oxygen atoms in total. The zero-order valence-corrected chi connectivity index (χ0v) is 21.6. The van der Waals surface area contributed by atoms with E-state index in [1.807, 2.05) is 27.7 Å². The molecule has 1 fully saturated rings. The molecule has 1 aliphatic rings. The van der Waals surface area contributed by atoms with E-state index < -0.39 is 9.84 Å². The predicted molar refractivity (Wildman–Crippen MR) is 139 cm³/mol. The Morgan fingerprint density at radius 3 is 2.64 bits per heavy atom. The van der Waals surface area contributed by atoms with Crippen molar-refractivity contribution in [2.45, 2.75) is 32.5 Å². The number of imidazole rings is 1. The summed E-state index contributed by atoms with van der Waals surface area (Å²) < 4.78 is 26.6. The lowest BCUT2D eigenvalue weighted by molar-refractivity contribution is -0.122. The number of amides is 1. The van der Waals surface area contributed by atoms with Crippen molar-refractivity contribution in [1.82, 2.24) is 14.5 Å². The van der Waals surface area contributed by atoms with Gasteiger partial charge in [-0.2, -0.15) is 5.26 Å². The first-order valence-electron chi connectivity index (χ1n) is 11.8. The Balaban J connectivity index is 1.54. The van der Waals surface area contributed by atoms with Crippen LogP contribution in [-0.2, 0) is 27.7 Å². The second kappa shape index (κ2) is 11.2. The van der Waals surface area contributed by atoms with Crippen LogP contribution in [0.2, 0.25) is 5.02 Å². The molecule has 0 radical (unpaired) electrons. The summed E-state index contributed by atoms with van der Waals surface area (Å²) >= 11 is 6.16. The van der Waals surface area contributed by atoms with Crippen molar-refractivity contribution in [2.75, 3.05) is 29.5 Å². The summed E-state index contributed by atoms with van der Waals surface area (Å²) in [5, 5.41) is 9.57. The lowest BCUT2D eigenvalue weighted by atomic mass is 10.1. The van der Waals surface area contributed by atoms with E-state index in [0.29, 0.717) is 42.3 Å². The number of halogens is 1. The summed E-state index contributed by atoms with van der Waals surface area (Å²) in [4.78, 5) is 21.2. The maximum absolute atomic E-state index is 13.2. The minimum Gasteiger partial charge on any atom is -0.329 e. The van der Waals surface area contributed by atoms with Crippen LogP contribution in [0.1, 0.15) is 30.2 Å². The normalized spacial score (nSPS) is 16.8. The van der Waals surface area contributed by atoms with Crippen molar-refractivity contribution >= 4 is 33.0 Å². The van der Waals surface area contributed by atoms with E-state index in [2.05, 4.69) is 11.1 Å². The molecule has 0 N–H and O–H groups in total. The van der Waals surface area contributed by atoms with Crippen molar-refractivity contribution < 1.29 is 13.2 Å². The Hall–Kier alpha value is -3.19. The van der Waals surface area contributed by atoms with Gasteiger partial charge in [-0.15, -0.1) is 0 Å². The zero-order valence-electron chi connectivity index (χ0n) is 20.0. The molecule has 0 saturated carbocycles. The molecule has 0 bridgehead atoms. The van der Waals surface area contributed by atoms with Gasteiger partial charge in [-0.3, -0.25) is 9.69 Å². The van der Waals surface area contributed by atoms with E-state index in [0.717, 1.165) is 11.3 Å². The molecule has 0 unspecified atom stereocenters. The van der Waals surface area contributed by atoms with Crippen LogP contribution in [-0.4, -0.2) is 59.4 Å². The van der Waals surface area contributed by atoms with Crippen LogP contribution in [0.15, 0.2) is 61.1 Å². The number of sulfone groups is 1. The molecule has 188 valence electrons. The minimum absolute atomic E-state index is 0.0622. The van der Waals surface area contributed by atoms with Crippen LogP contribution in [0.5, 0.6) is 0 Å². The summed E-state index contributed by atoms with van der Waals surface area (Å²) in [6.07, 6.45) is 3.94. The minimum atomic E-state index is -3.15. The second-order valence-corrected chi connectivity index (χ2v) is 11.8. The molecule has 2 aromatic carbocycles. The quantitative estimate of drug-likeness (QED) is 0.425. The van der Waals surface area contributed by atoms with Crippen molar-refractivity contribution in [1.29, 1.82) is 5.26 Å². The molecule has 1 atom stereocenters. The molecule has 2 heterocycles. The number of carbonyl (C=O) groups excluding carboxylic acids is 1. The van der Waals surface area contributed by atoms with E-state index >= 15 is 0 Å². The topological polar surface area (TPSA) is 99.3 Å². The number of hydrogen-bond donors (Lipinski definition) is 0. The summed E-state index contributed by atoms with van der Waals surface area (Å²) in [7, 11) is -3.15. The van der Waals surface area contributed by atoms with Crippen LogP contribution < -0.4 is 4.90 Å². The maximum atomic E-state index is 13.2. The van der Waals surface area contributed by atoms with E-state index in [4.69, 9.17) is 16.9 Å². The van der Waals surface area contributed by atoms with Gasteiger partial charge in [0.2, 0.25) is 5.91 Å². The second-order valence-electron chi connectivity index (χ2n) is 8.89. The van der Waals surface area contributed by atoms with Crippen molar-refractivity contribution in [3.05, 3.63) is 82.9 Å². The van der Waals surface area contributed by atoms with Crippen molar-refractivity contribution in [3.8, 4) is 6.07 Å². The molecule has 1 amide bonds. The SMILES string of the molecule is [11CH3]CS(=O)(=O)CC[C@H]1CN(c2cccc(Cl)c2)C(=O)CN1Cc1cncn1Cc1ccc(C#N)cc1. The number of carbonyl (C=O) groups is 1. The molecule has 1 saturated heterocycles. The van der Waals surface area contributed by atoms with E-state index in [9.17, 15) is 13.2 Å². The first-order valence-corrected chi connectivity index (χ1v) is 14.0. The molecule has 0 spiro atoms. The first-order chi connectivity index (χ1) is 17.3. The fraction of sp³-hybridized carbons (Fsp3) is 0.346. The zero-order chi connectivity index (χ0) is 25.7. The number of nitriles is 1. The van der Waals surface area contributed by atoms with Gasteiger partial charge in [0.1, 0.15) is 9.84 Å². The van der Waals surface area contributed by atoms with E-state index in [1.165, 1.54) is 0 Å². The number of nitrogens with zero attached hydrogens (tertiary/aromatic N) is 5. The summed E-state index contributed by atoms with van der Waals surface area (Å²) in [5.74, 6) is 0.0887. The van der Waals surface area contributed by atoms with Crippen molar-refractivity contribution in [3.63, 3.8) is 0 Å². The Morgan fingerprint density at radius 2 is 1.94 bits per heavy atom. The third-order valence-corrected chi connectivity index (χ3v) is 8.44. The highest BCUT2D eigenvalue weighted by atomic mass is 35.5. The van der Waals surface area contributed by atoms with Gasteiger partial charge in [0, 0.05) is 48.3 Å². The Kier molecular flexibility index (Phi) is 8.09. The number of benzene rings is 2. The van der Waals surface area contributed by atoms with Gasteiger partial charge in [-0.1, -0.05) is 36.7 Å².